The number of aromatic amines is 1. The van der Waals surface area contributed by atoms with Gasteiger partial charge in [0.15, 0.2) is 0 Å². The van der Waals surface area contributed by atoms with Gasteiger partial charge >= 0.3 is 5.97 Å². The molecule has 0 aliphatic heterocycles. The van der Waals surface area contributed by atoms with Gasteiger partial charge in [-0.25, -0.2) is 0 Å². The molecule has 0 radical (unpaired) electrons. The molecule has 2 aromatic rings. The lowest BCUT2D eigenvalue weighted by molar-refractivity contribution is -0.148. The fourth-order valence-corrected chi connectivity index (χ4v) is 1.63. The van der Waals surface area contributed by atoms with Crippen LogP contribution in [-0.2, 0) is 16.0 Å². The van der Waals surface area contributed by atoms with Crippen LogP contribution in [0, 0.1) is 6.92 Å². The van der Waals surface area contributed by atoms with Gasteiger partial charge in [0.2, 0.25) is 0 Å². The average molecular weight is 245 g/mol. The minimum absolute atomic E-state index is 0.168. The number of hydrogen-bond acceptors (Lipinski definition) is 4. The van der Waals surface area contributed by atoms with Crippen molar-refractivity contribution in [2.75, 3.05) is 0 Å². The highest BCUT2D eigenvalue weighted by Crippen LogP contribution is 2.14. The molecule has 1 atom stereocenters. The number of hydrogen-bond donors (Lipinski definition) is 1. The molecule has 0 saturated carbocycles. The van der Waals surface area contributed by atoms with Crippen LogP contribution in [0.2, 0.25) is 0 Å². The van der Waals surface area contributed by atoms with Crippen molar-refractivity contribution in [2.45, 2.75) is 26.4 Å². The third-order valence-electron chi connectivity index (χ3n) is 2.50. The summed E-state index contributed by atoms with van der Waals surface area (Å²) < 4.78 is 5.29. The van der Waals surface area contributed by atoms with E-state index in [-0.39, 0.29) is 18.5 Å². The molecule has 0 bridgehead atoms. The second-order valence-corrected chi connectivity index (χ2v) is 4.11. The third-order valence-corrected chi connectivity index (χ3v) is 2.50. The number of nitrogens with one attached hydrogen (secondary N) is 1. The van der Waals surface area contributed by atoms with E-state index in [4.69, 9.17) is 4.74 Å². The van der Waals surface area contributed by atoms with E-state index in [1.54, 1.807) is 13.1 Å². The normalized spacial score (nSPS) is 12.1. The molecular formula is C13H15N3O2. The van der Waals surface area contributed by atoms with Crippen molar-refractivity contribution in [2.24, 2.45) is 0 Å². The van der Waals surface area contributed by atoms with Gasteiger partial charge in [0, 0.05) is 11.9 Å². The number of nitrogens with zero attached hydrogens (tertiary/aromatic N) is 2. The number of carbonyl (C=O) groups excluding carboxylic acids is 1. The topological polar surface area (TPSA) is 67.9 Å². The van der Waals surface area contributed by atoms with Gasteiger partial charge in [0.25, 0.3) is 0 Å². The third kappa shape index (κ3) is 3.16. The zero-order valence-corrected chi connectivity index (χ0v) is 10.4. The van der Waals surface area contributed by atoms with Crippen molar-refractivity contribution in [3.8, 4) is 0 Å². The summed E-state index contributed by atoms with van der Waals surface area (Å²) in [6.45, 7) is 3.69. The minimum Gasteiger partial charge on any atom is -0.456 e. The lowest BCUT2D eigenvalue weighted by Crippen LogP contribution is -2.12. The maximum Gasteiger partial charge on any atom is 0.312 e. The molecule has 2 heterocycles. The van der Waals surface area contributed by atoms with Crippen LogP contribution in [0.5, 0.6) is 0 Å². The molecule has 0 aliphatic rings. The number of esters is 1. The van der Waals surface area contributed by atoms with Gasteiger partial charge in [-0.2, -0.15) is 5.10 Å². The predicted octanol–water partition coefficient (Wildman–Crippen LogP) is 1.96. The van der Waals surface area contributed by atoms with Crippen molar-refractivity contribution in [1.82, 2.24) is 15.2 Å². The van der Waals surface area contributed by atoms with E-state index in [0.29, 0.717) is 5.69 Å². The monoisotopic (exact) mass is 245 g/mol. The molecule has 2 aromatic heterocycles. The van der Waals surface area contributed by atoms with Gasteiger partial charge in [-0.15, -0.1) is 0 Å². The molecule has 1 N–H and O–H groups in total. The molecule has 0 fully saturated rings. The molecule has 5 heteroatoms. The van der Waals surface area contributed by atoms with Crippen LogP contribution >= 0.6 is 0 Å². The number of carbonyl (C=O) groups is 1. The number of pyridine rings is 1. The number of H-pyrrole nitrogens is 1. The van der Waals surface area contributed by atoms with Crippen LogP contribution < -0.4 is 0 Å². The molecule has 18 heavy (non-hydrogen) atoms. The zero-order valence-electron chi connectivity index (χ0n) is 10.4. The van der Waals surface area contributed by atoms with E-state index in [2.05, 4.69) is 15.2 Å². The number of ether oxygens (including phenoxy) is 1. The number of aryl methyl sites for hydroxylation is 1. The molecule has 1 unspecified atom stereocenters. The summed E-state index contributed by atoms with van der Waals surface area (Å²) in [5.74, 6) is -0.306. The Morgan fingerprint density at radius 1 is 1.50 bits per heavy atom. The van der Waals surface area contributed by atoms with E-state index in [0.717, 1.165) is 11.4 Å². The Morgan fingerprint density at radius 2 is 2.33 bits per heavy atom. The van der Waals surface area contributed by atoms with E-state index in [1.807, 2.05) is 31.2 Å². The van der Waals surface area contributed by atoms with E-state index >= 15 is 0 Å². The van der Waals surface area contributed by atoms with E-state index in [1.165, 1.54) is 0 Å². The second kappa shape index (κ2) is 5.44. The Balaban J connectivity index is 1.92. The Kier molecular flexibility index (Phi) is 3.72. The lowest BCUT2D eigenvalue weighted by Gasteiger charge is -2.11. The van der Waals surface area contributed by atoms with Crippen molar-refractivity contribution in [1.29, 1.82) is 0 Å². The lowest BCUT2D eigenvalue weighted by atomic mass is 10.2. The van der Waals surface area contributed by atoms with Crippen molar-refractivity contribution < 1.29 is 9.53 Å². The summed E-state index contributed by atoms with van der Waals surface area (Å²) >= 11 is 0. The SMILES string of the molecule is Cc1cc(CC(=O)OC(C)c2ccccn2)n[nH]1. The molecule has 0 spiro atoms. The van der Waals surface area contributed by atoms with Gasteiger partial charge in [0.05, 0.1) is 17.8 Å². The Morgan fingerprint density at radius 3 is 2.94 bits per heavy atom. The summed E-state index contributed by atoms with van der Waals surface area (Å²) in [7, 11) is 0. The molecule has 0 aromatic carbocycles. The Bertz CT molecular complexity index is 522. The minimum atomic E-state index is -0.348. The van der Waals surface area contributed by atoms with Crippen LogP contribution in [0.25, 0.3) is 0 Å². The highest BCUT2D eigenvalue weighted by Gasteiger charge is 2.14. The summed E-state index contributed by atoms with van der Waals surface area (Å²) in [5, 5.41) is 6.78. The summed E-state index contributed by atoms with van der Waals surface area (Å²) in [6, 6.07) is 7.34. The molecule has 0 aliphatic carbocycles. The molecule has 0 amide bonds. The summed E-state index contributed by atoms with van der Waals surface area (Å²) in [4.78, 5) is 15.8. The van der Waals surface area contributed by atoms with Crippen LogP contribution in [0.1, 0.15) is 30.1 Å². The predicted molar refractivity (Wildman–Crippen MR) is 65.8 cm³/mol. The van der Waals surface area contributed by atoms with Crippen molar-refractivity contribution in [3.63, 3.8) is 0 Å². The second-order valence-electron chi connectivity index (χ2n) is 4.11. The highest BCUT2D eigenvalue weighted by atomic mass is 16.5. The summed E-state index contributed by atoms with van der Waals surface area (Å²) in [5.41, 5.74) is 2.35. The molecule has 2 rings (SSSR count). The maximum atomic E-state index is 11.7. The molecule has 94 valence electrons. The summed E-state index contributed by atoms with van der Waals surface area (Å²) in [6.07, 6.45) is 1.50. The quantitative estimate of drug-likeness (QED) is 0.836. The van der Waals surface area contributed by atoms with Crippen LogP contribution in [-0.4, -0.2) is 21.2 Å². The molecule has 5 nitrogen and oxygen atoms in total. The van der Waals surface area contributed by atoms with Gasteiger partial charge in [-0.3, -0.25) is 14.9 Å². The smallest absolute Gasteiger partial charge is 0.312 e. The largest absolute Gasteiger partial charge is 0.456 e. The zero-order chi connectivity index (χ0) is 13.0. The molecular weight excluding hydrogens is 230 g/mol. The van der Waals surface area contributed by atoms with Crippen LogP contribution in [0.15, 0.2) is 30.5 Å². The van der Waals surface area contributed by atoms with Gasteiger partial charge < -0.3 is 4.74 Å². The molecule has 0 saturated heterocycles. The standard InChI is InChI=1S/C13H15N3O2/c1-9-7-11(16-15-9)8-13(17)18-10(2)12-5-3-4-6-14-12/h3-7,10H,8H2,1-2H3,(H,15,16). The van der Waals surface area contributed by atoms with E-state index in [9.17, 15) is 4.79 Å². The first kappa shape index (κ1) is 12.3. The Hall–Kier alpha value is -2.17. The van der Waals surface area contributed by atoms with E-state index < -0.39 is 0 Å². The van der Waals surface area contributed by atoms with Gasteiger partial charge in [0.1, 0.15) is 6.10 Å². The first-order chi connectivity index (χ1) is 8.65. The van der Waals surface area contributed by atoms with Crippen LogP contribution in [0.4, 0.5) is 0 Å². The Labute approximate surface area is 105 Å². The fourth-order valence-electron chi connectivity index (χ4n) is 1.63. The highest BCUT2D eigenvalue weighted by molar-refractivity contribution is 5.72. The maximum absolute atomic E-state index is 11.7. The van der Waals surface area contributed by atoms with Crippen molar-refractivity contribution in [3.05, 3.63) is 47.5 Å². The first-order valence-corrected chi connectivity index (χ1v) is 5.76. The van der Waals surface area contributed by atoms with Gasteiger partial charge in [-0.1, -0.05) is 6.07 Å². The number of rotatable bonds is 4. The average Bonchev–Trinajstić information content (AvgIpc) is 2.75. The van der Waals surface area contributed by atoms with Gasteiger partial charge in [-0.05, 0) is 32.0 Å². The fraction of sp³-hybridized carbons (Fsp3) is 0.308. The first-order valence-electron chi connectivity index (χ1n) is 5.76. The van der Waals surface area contributed by atoms with Crippen LogP contribution in [0.3, 0.4) is 0 Å². The number of aromatic nitrogens is 3. The van der Waals surface area contributed by atoms with Crippen molar-refractivity contribution >= 4 is 5.97 Å².